The second-order valence-corrected chi connectivity index (χ2v) is 6.83. The molecule has 1 aliphatic carbocycles. The second kappa shape index (κ2) is 9.08. The number of allylic oxidation sites excluding steroid dienone is 1. The van der Waals surface area contributed by atoms with Gasteiger partial charge >= 0.3 is 5.97 Å². The maximum atomic E-state index is 12.3. The summed E-state index contributed by atoms with van der Waals surface area (Å²) in [7, 11) is 0. The van der Waals surface area contributed by atoms with Gasteiger partial charge in [-0.1, -0.05) is 37.5 Å². The fraction of sp³-hybridized carbons (Fsp3) is 0.273. The molecule has 6 nitrogen and oxygen atoms in total. The third kappa shape index (κ3) is 5.13. The Hall–Kier alpha value is -3.28. The molecule has 2 aromatic carbocycles. The largest absolute Gasteiger partial charge is 0.426 e. The lowest BCUT2D eigenvalue weighted by atomic mass is 9.89. The van der Waals surface area contributed by atoms with Crippen LogP contribution in [0.25, 0.3) is 6.08 Å². The van der Waals surface area contributed by atoms with E-state index in [0.29, 0.717) is 16.9 Å². The fourth-order valence-electron chi connectivity index (χ4n) is 3.24. The molecule has 0 heterocycles. The Morgan fingerprint density at radius 2 is 1.75 bits per heavy atom. The highest BCUT2D eigenvalue weighted by atomic mass is 16.6. The quantitative estimate of drug-likeness (QED) is 0.176. The molecule has 0 aromatic heterocycles. The minimum absolute atomic E-state index is 0.0290. The molecule has 0 N–H and O–H groups in total. The van der Waals surface area contributed by atoms with E-state index in [2.05, 4.69) is 0 Å². The van der Waals surface area contributed by atoms with E-state index in [1.165, 1.54) is 30.7 Å². The van der Waals surface area contributed by atoms with Crippen molar-refractivity contribution >= 4 is 23.5 Å². The average molecular weight is 379 g/mol. The highest BCUT2D eigenvalue weighted by molar-refractivity contribution is 6.06. The molecule has 0 amide bonds. The van der Waals surface area contributed by atoms with Crippen LogP contribution in [-0.4, -0.2) is 16.7 Å². The van der Waals surface area contributed by atoms with Gasteiger partial charge in [0, 0.05) is 17.7 Å². The smallest absolute Gasteiger partial charge is 0.314 e. The van der Waals surface area contributed by atoms with Gasteiger partial charge in [-0.2, -0.15) is 0 Å². The SMILES string of the molecule is O=C(C=Cc1cccc([N+](=O)[O-])c1)c1ccc(OC(=O)C2CCCCC2)cc1. The molecule has 0 unspecified atom stereocenters. The van der Waals surface area contributed by atoms with Crippen molar-refractivity contribution in [2.24, 2.45) is 5.92 Å². The number of carbonyl (C=O) groups is 2. The molecule has 0 radical (unpaired) electrons. The highest BCUT2D eigenvalue weighted by Crippen LogP contribution is 2.25. The number of hydrogen-bond donors (Lipinski definition) is 0. The van der Waals surface area contributed by atoms with Crippen LogP contribution < -0.4 is 4.74 Å². The van der Waals surface area contributed by atoms with Crippen molar-refractivity contribution in [1.29, 1.82) is 0 Å². The summed E-state index contributed by atoms with van der Waals surface area (Å²) in [5.41, 5.74) is 0.985. The average Bonchev–Trinajstić information content (AvgIpc) is 2.73. The molecular weight excluding hydrogens is 358 g/mol. The van der Waals surface area contributed by atoms with Gasteiger partial charge in [0.1, 0.15) is 5.75 Å². The summed E-state index contributed by atoms with van der Waals surface area (Å²) in [6.07, 6.45) is 7.93. The minimum atomic E-state index is -0.480. The zero-order chi connectivity index (χ0) is 19.9. The molecule has 0 atom stereocenters. The van der Waals surface area contributed by atoms with Crippen molar-refractivity contribution in [3.05, 3.63) is 75.8 Å². The molecule has 1 aliphatic rings. The maximum absolute atomic E-state index is 12.3. The second-order valence-electron chi connectivity index (χ2n) is 6.83. The number of benzene rings is 2. The summed E-state index contributed by atoms with van der Waals surface area (Å²) >= 11 is 0. The van der Waals surface area contributed by atoms with Gasteiger partial charge in [-0.3, -0.25) is 19.7 Å². The van der Waals surface area contributed by atoms with E-state index in [1.54, 1.807) is 36.4 Å². The van der Waals surface area contributed by atoms with E-state index in [9.17, 15) is 19.7 Å². The monoisotopic (exact) mass is 379 g/mol. The number of ether oxygens (including phenoxy) is 1. The van der Waals surface area contributed by atoms with Gasteiger partial charge < -0.3 is 4.74 Å². The number of carbonyl (C=O) groups excluding carboxylic acids is 2. The molecule has 3 rings (SSSR count). The van der Waals surface area contributed by atoms with Crippen LogP contribution in [0.15, 0.2) is 54.6 Å². The number of nitro groups is 1. The normalized spacial score (nSPS) is 14.7. The van der Waals surface area contributed by atoms with Gasteiger partial charge in [0.2, 0.25) is 0 Å². The first-order chi connectivity index (χ1) is 13.5. The third-order valence-corrected chi connectivity index (χ3v) is 4.80. The van der Waals surface area contributed by atoms with Crippen LogP contribution in [0.3, 0.4) is 0 Å². The minimum Gasteiger partial charge on any atom is -0.426 e. The summed E-state index contributed by atoms with van der Waals surface area (Å²) in [6, 6.07) is 12.5. The first kappa shape index (κ1) is 19.5. The molecule has 1 saturated carbocycles. The lowest BCUT2D eigenvalue weighted by molar-refractivity contribution is -0.384. The topological polar surface area (TPSA) is 86.5 Å². The zero-order valence-electron chi connectivity index (χ0n) is 15.4. The fourth-order valence-corrected chi connectivity index (χ4v) is 3.24. The maximum Gasteiger partial charge on any atom is 0.314 e. The number of nitrogens with zero attached hydrogens (tertiary/aromatic N) is 1. The highest BCUT2D eigenvalue weighted by Gasteiger charge is 2.22. The van der Waals surface area contributed by atoms with Crippen LogP contribution in [0.2, 0.25) is 0 Å². The number of ketones is 1. The van der Waals surface area contributed by atoms with E-state index in [1.807, 2.05) is 0 Å². The number of nitro benzene ring substituents is 1. The Labute approximate surface area is 163 Å². The Bertz CT molecular complexity index is 895. The van der Waals surface area contributed by atoms with Gasteiger partial charge in [0.15, 0.2) is 5.78 Å². The van der Waals surface area contributed by atoms with Gasteiger partial charge in [0.05, 0.1) is 10.8 Å². The number of rotatable bonds is 6. The van der Waals surface area contributed by atoms with Crippen LogP contribution in [0.1, 0.15) is 48.0 Å². The molecule has 1 fully saturated rings. The van der Waals surface area contributed by atoms with Crippen LogP contribution in [0, 0.1) is 16.0 Å². The lowest BCUT2D eigenvalue weighted by Gasteiger charge is -2.19. The first-order valence-electron chi connectivity index (χ1n) is 9.31. The van der Waals surface area contributed by atoms with Crippen molar-refractivity contribution in [3.63, 3.8) is 0 Å². The van der Waals surface area contributed by atoms with Crippen LogP contribution in [-0.2, 0) is 4.79 Å². The van der Waals surface area contributed by atoms with Gasteiger partial charge in [-0.05, 0) is 48.7 Å². The van der Waals surface area contributed by atoms with Crippen molar-refractivity contribution < 1.29 is 19.2 Å². The van der Waals surface area contributed by atoms with Crippen LogP contribution in [0.5, 0.6) is 5.75 Å². The number of non-ortho nitro benzene ring substituents is 1. The van der Waals surface area contributed by atoms with Crippen LogP contribution >= 0.6 is 0 Å². The van der Waals surface area contributed by atoms with E-state index in [-0.39, 0.29) is 23.4 Å². The van der Waals surface area contributed by atoms with Gasteiger partial charge in [-0.15, -0.1) is 0 Å². The van der Waals surface area contributed by atoms with Gasteiger partial charge in [-0.25, -0.2) is 0 Å². The van der Waals surface area contributed by atoms with E-state index in [0.717, 1.165) is 25.7 Å². The Balaban J connectivity index is 1.61. The molecule has 0 saturated heterocycles. The Kier molecular flexibility index (Phi) is 6.32. The molecule has 2 aromatic rings. The van der Waals surface area contributed by atoms with Crippen molar-refractivity contribution in [1.82, 2.24) is 0 Å². The lowest BCUT2D eigenvalue weighted by Crippen LogP contribution is -2.22. The summed E-state index contributed by atoms with van der Waals surface area (Å²) in [5.74, 6) is -0.0521. The van der Waals surface area contributed by atoms with Crippen molar-refractivity contribution in [2.45, 2.75) is 32.1 Å². The summed E-state index contributed by atoms with van der Waals surface area (Å²) in [6.45, 7) is 0. The molecule has 6 heteroatoms. The standard InChI is InChI=1S/C22H21NO5/c24-21(14-9-16-5-4-8-19(15-16)23(26)27)17-10-12-20(13-11-17)28-22(25)18-6-2-1-3-7-18/h4-5,8-15,18H,1-3,6-7H2. The Morgan fingerprint density at radius 3 is 2.43 bits per heavy atom. The Morgan fingerprint density at radius 1 is 1.04 bits per heavy atom. The summed E-state index contributed by atoms with van der Waals surface area (Å²) in [5, 5.41) is 10.8. The van der Waals surface area contributed by atoms with Crippen LogP contribution in [0.4, 0.5) is 5.69 Å². The molecule has 0 aliphatic heterocycles. The molecule has 0 bridgehead atoms. The summed E-state index contributed by atoms with van der Waals surface area (Å²) < 4.78 is 5.42. The molecular formula is C22H21NO5. The van der Waals surface area contributed by atoms with E-state index >= 15 is 0 Å². The zero-order valence-corrected chi connectivity index (χ0v) is 15.4. The molecule has 0 spiro atoms. The van der Waals surface area contributed by atoms with Gasteiger partial charge in [0.25, 0.3) is 5.69 Å². The molecule has 28 heavy (non-hydrogen) atoms. The van der Waals surface area contributed by atoms with Crippen molar-refractivity contribution in [2.75, 3.05) is 0 Å². The third-order valence-electron chi connectivity index (χ3n) is 4.80. The van der Waals surface area contributed by atoms with E-state index < -0.39 is 4.92 Å². The first-order valence-corrected chi connectivity index (χ1v) is 9.31. The summed E-state index contributed by atoms with van der Waals surface area (Å²) in [4.78, 5) is 34.8. The van der Waals surface area contributed by atoms with E-state index in [4.69, 9.17) is 4.74 Å². The predicted molar refractivity (Wildman–Crippen MR) is 105 cm³/mol. The number of hydrogen-bond acceptors (Lipinski definition) is 5. The van der Waals surface area contributed by atoms with Crippen molar-refractivity contribution in [3.8, 4) is 5.75 Å². The predicted octanol–water partition coefficient (Wildman–Crippen LogP) is 4.98. The molecule has 144 valence electrons. The number of esters is 1.